The van der Waals surface area contributed by atoms with Gasteiger partial charge in [0.05, 0.1) is 12.7 Å². The number of amides is 1. The molecule has 1 rings (SSSR count). The van der Waals surface area contributed by atoms with Gasteiger partial charge in [-0.2, -0.15) is 0 Å². The van der Waals surface area contributed by atoms with E-state index in [0.717, 1.165) is 17.7 Å². The number of ether oxygens (including phenoxy) is 1. The monoisotopic (exact) mass is 255 g/mol. The Morgan fingerprint density at radius 1 is 1.61 bits per heavy atom. The second kappa shape index (κ2) is 6.56. The van der Waals surface area contributed by atoms with Crippen LogP contribution < -0.4 is 0 Å². The van der Waals surface area contributed by atoms with Crippen molar-refractivity contribution in [1.82, 2.24) is 4.90 Å². The van der Waals surface area contributed by atoms with Crippen molar-refractivity contribution >= 4 is 5.91 Å². The number of aryl methyl sites for hydroxylation is 2. The van der Waals surface area contributed by atoms with Gasteiger partial charge in [0.1, 0.15) is 5.76 Å². The Kier molecular flexibility index (Phi) is 5.37. The SMILES string of the molecule is CCc1cc(C)c(C(=O)N(C)CC(O)COC)o1. The van der Waals surface area contributed by atoms with Crippen molar-refractivity contribution in [1.29, 1.82) is 0 Å². The maximum atomic E-state index is 12.1. The van der Waals surface area contributed by atoms with Gasteiger partial charge in [-0.1, -0.05) is 6.92 Å². The zero-order valence-electron chi connectivity index (χ0n) is 11.4. The molecule has 0 aliphatic rings. The van der Waals surface area contributed by atoms with E-state index in [1.807, 2.05) is 19.9 Å². The van der Waals surface area contributed by atoms with Gasteiger partial charge in [0.15, 0.2) is 5.76 Å². The van der Waals surface area contributed by atoms with Crippen LogP contribution in [-0.2, 0) is 11.2 Å². The summed E-state index contributed by atoms with van der Waals surface area (Å²) in [5.74, 6) is 0.919. The van der Waals surface area contributed by atoms with Crippen molar-refractivity contribution in [3.8, 4) is 0 Å². The fourth-order valence-electron chi connectivity index (χ4n) is 1.75. The summed E-state index contributed by atoms with van der Waals surface area (Å²) in [5, 5.41) is 9.59. The Labute approximate surface area is 107 Å². The molecule has 102 valence electrons. The second-order valence-corrected chi connectivity index (χ2v) is 4.37. The molecule has 18 heavy (non-hydrogen) atoms. The molecule has 0 aliphatic carbocycles. The number of hydrogen-bond donors (Lipinski definition) is 1. The van der Waals surface area contributed by atoms with Gasteiger partial charge in [-0.05, 0) is 13.0 Å². The summed E-state index contributed by atoms with van der Waals surface area (Å²) in [6, 6.07) is 1.87. The molecule has 1 amide bonds. The highest BCUT2D eigenvalue weighted by molar-refractivity contribution is 5.92. The lowest BCUT2D eigenvalue weighted by Crippen LogP contribution is -2.36. The Balaban J connectivity index is 2.70. The van der Waals surface area contributed by atoms with E-state index in [2.05, 4.69) is 0 Å². The number of hydrogen-bond acceptors (Lipinski definition) is 4. The highest BCUT2D eigenvalue weighted by Crippen LogP contribution is 2.16. The Hall–Kier alpha value is -1.33. The molecule has 0 bridgehead atoms. The number of rotatable bonds is 6. The number of nitrogens with zero attached hydrogens (tertiary/aromatic N) is 1. The molecular formula is C13H21NO4. The molecule has 1 atom stereocenters. The average molecular weight is 255 g/mol. The minimum Gasteiger partial charge on any atom is -0.456 e. The third-order valence-corrected chi connectivity index (χ3v) is 2.70. The zero-order chi connectivity index (χ0) is 13.7. The van der Waals surface area contributed by atoms with Crippen LogP contribution in [0.3, 0.4) is 0 Å². The molecule has 0 aromatic carbocycles. The summed E-state index contributed by atoms with van der Waals surface area (Å²) in [6.45, 7) is 4.23. The van der Waals surface area contributed by atoms with Crippen molar-refractivity contribution in [3.63, 3.8) is 0 Å². The largest absolute Gasteiger partial charge is 0.456 e. The quantitative estimate of drug-likeness (QED) is 0.830. The maximum absolute atomic E-state index is 12.1. The molecular weight excluding hydrogens is 234 g/mol. The summed E-state index contributed by atoms with van der Waals surface area (Å²) in [7, 11) is 3.14. The maximum Gasteiger partial charge on any atom is 0.289 e. The third-order valence-electron chi connectivity index (χ3n) is 2.70. The van der Waals surface area contributed by atoms with E-state index in [1.165, 1.54) is 12.0 Å². The minimum absolute atomic E-state index is 0.203. The second-order valence-electron chi connectivity index (χ2n) is 4.37. The van der Waals surface area contributed by atoms with E-state index >= 15 is 0 Å². The summed E-state index contributed by atoms with van der Waals surface area (Å²) >= 11 is 0. The molecule has 1 heterocycles. The van der Waals surface area contributed by atoms with Crippen LogP contribution in [0.5, 0.6) is 0 Å². The van der Waals surface area contributed by atoms with Gasteiger partial charge in [0.25, 0.3) is 5.91 Å². The van der Waals surface area contributed by atoms with Gasteiger partial charge in [0, 0.05) is 32.7 Å². The lowest BCUT2D eigenvalue weighted by Gasteiger charge is -2.19. The van der Waals surface area contributed by atoms with E-state index in [9.17, 15) is 9.90 Å². The molecule has 1 aromatic heterocycles. The average Bonchev–Trinajstić information content (AvgIpc) is 2.69. The number of furan rings is 1. The molecule has 0 saturated heterocycles. The van der Waals surface area contributed by atoms with Crippen LogP contribution in [0.15, 0.2) is 10.5 Å². The van der Waals surface area contributed by atoms with E-state index in [4.69, 9.17) is 9.15 Å². The van der Waals surface area contributed by atoms with Crippen LogP contribution in [0.2, 0.25) is 0 Å². The number of carbonyl (C=O) groups excluding carboxylic acids is 1. The summed E-state index contributed by atoms with van der Waals surface area (Å²) in [4.78, 5) is 13.6. The van der Waals surface area contributed by atoms with Crippen molar-refractivity contribution < 1.29 is 19.1 Å². The standard InChI is InChI=1S/C13H21NO4/c1-5-11-6-9(2)12(18-11)13(16)14(3)7-10(15)8-17-4/h6,10,15H,5,7-8H2,1-4H3. The lowest BCUT2D eigenvalue weighted by atomic mass is 10.2. The van der Waals surface area contributed by atoms with Crippen molar-refractivity contribution in [2.45, 2.75) is 26.4 Å². The van der Waals surface area contributed by atoms with Crippen LogP contribution in [0, 0.1) is 6.92 Å². The van der Waals surface area contributed by atoms with E-state index in [-0.39, 0.29) is 19.1 Å². The van der Waals surface area contributed by atoms with Crippen LogP contribution in [0.4, 0.5) is 0 Å². The number of methoxy groups -OCH3 is 1. The Morgan fingerprint density at radius 3 is 2.78 bits per heavy atom. The van der Waals surface area contributed by atoms with Gasteiger partial charge < -0.3 is 19.2 Å². The number of likely N-dealkylation sites (N-methyl/N-ethyl adjacent to an activating group) is 1. The van der Waals surface area contributed by atoms with Crippen molar-refractivity contribution in [3.05, 3.63) is 23.2 Å². The molecule has 0 radical (unpaired) electrons. The van der Waals surface area contributed by atoms with Gasteiger partial charge in [-0.15, -0.1) is 0 Å². The fourth-order valence-corrected chi connectivity index (χ4v) is 1.75. The van der Waals surface area contributed by atoms with E-state index in [1.54, 1.807) is 7.05 Å². The van der Waals surface area contributed by atoms with Crippen molar-refractivity contribution in [2.75, 3.05) is 27.3 Å². The zero-order valence-corrected chi connectivity index (χ0v) is 11.4. The smallest absolute Gasteiger partial charge is 0.289 e. The Bertz CT molecular complexity index is 400. The Morgan fingerprint density at radius 2 is 2.28 bits per heavy atom. The number of carbonyl (C=O) groups is 1. The summed E-state index contributed by atoms with van der Waals surface area (Å²) < 4.78 is 10.3. The third kappa shape index (κ3) is 3.58. The molecule has 0 spiro atoms. The predicted molar refractivity (Wildman–Crippen MR) is 67.7 cm³/mol. The molecule has 0 aliphatic heterocycles. The van der Waals surface area contributed by atoms with Crippen molar-refractivity contribution in [2.24, 2.45) is 0 Å². The van der Waals surface area contributed by atoms with Crippen LogP contribution >= 0.6 is 0 Å². The first kappa shape index (κ1) is 14.7. The topological polar surface area (TPSA) is 62.9 Å². The first-order valence-electron chi connectivity index (χ1n) is 6.01. The first-order chi connectivity index (χ1) is 8.49. The first-order valence-corrected chi connectivity index (χ1v) is 6.01. The van der Waals surface area contributed by atoms with Gasteiger partial charge in [-0.25, -0.2) is 0 Å². The number of aliphatic hydroxyl groups excluding tert-OH is 1. The van der Waals surface area contributed by atoms with Crippen LogP contribution in [0.25, 0.3) is 0 Å². The molecule has 0 fully saturated rings. The van der Waals surface area contributed by atoms with E-state index in [0.29, 0.717) is 5.76 Å². The fraction of sp³-hybridized carbons (Fsp3) is 0.615. The number of aliphatic hydroxyl groups is 1. The summed E-state index contributed by atoms with van der Waals surface area (Å²) in [6.07, 6.45) is 0.0642. The van der Waals surface area contributed by atoms with Crippen LogP contribution in [-0.4, -0.2) is 49.3 Å². The highest BCUT2D eigenvalue weighted by Gasteiger charge is 2.21. The van der Waals surface area contributed by atoms with E-state index < -0.39 is 6.10 Å². The molecule has 1 unspecified atom stereocenters. The summed E-state index contributed by atoms with van der Waals surface area (Å²) in [5.41, 5.74) is 0.824. The minimum atomic E-state index is -0.690. The molecule has 5 nitrogen and oxygen atoms in total. The lowest BCUT2D eigenvalue weighted by molar-refractivity contribution is 0.0366. The van der Waals surface area contributed by atoms with Crippen LogP contribution in [0.1, 0.15) is 28.8 Å². The molecule has 1 aromatic rings. The normalized spacial score (nSPS) is 12.5. The predicted octanol–water partition coefficient (Wildman–Crippen LogP) is 1.23. The van der Waals surface area contributed by atoms with Gasteiger partial charge in [-0.3, -0.25) is 4.79 Å². The molecule has 5 heteroatoms. The molecule has 1 N–H and O–H groups in total. The van der Waals surface area contributed by atoms with Gasteiger partial charge >= 0.3 is 0 Å². The van der Waals surface area contributed by atoms with Gasteiger partial charge in [0.2, 0.25) is 0 Å². The highest BCUT2D eigenvalue weighted by atomic mass is 16.5. The molecule has 0 saturated carbocycles.